The quantitative estimate of drug-likeness (QED) is 0.894. The molecule has 7 heteroatoms. The molecule has 2 aromatic rings. The number of nitrogens with one attached hydrogen (secondary N) is 1. The van der Waals surface area contributed by atoms with Crippen molar-refractivity contribution in [2.45, 2.75) is 13.8 Å². The third-order valence-electron chi connectivity index (χ3n) is 3.06. The van der Waals surface area contributed by atoms with Crippen LogP contribution in [0.25, 0.3) is 0 Å². The van der Waals surface area contributed by atoms with Gasteiger partial charge in [0.05, 0.1) is 12.4 Å². The fourth-order valence-electron chi connectivity index (χ4n) is 1.95. The fourth-order valence-corrected chi connectivity index (χ4v) is 2.48. The summed E-state index contributed by atoms with van der Waals surface area (Å²) in [6.07, 6.45) is 2.96. The Bertz CT molecular complexity index is 637. The number of hydrogen-bond donors (Lipinski definition) is 1. The highest BCUT2D eigenvalue weighted by molar-refractivity contribution is 6.35. The summed E-state index contributed by atoms with van der Waals surface area (Å²) in [5, 5.41) is 4.09. The van der Waals surface area contributed by atoms with E-state index < -0.39 is 0 Å². The largest absolute Gasteiger partial charge is 0.339 e. The highest BCUT2D eigenvalue weighted by atomic mass is 35.5. The lowest BCUT2D eigenvalue weighted by atomic mass is 10.3. The number of carbonyl (C=O) groups is 1. The van der Waals surface area contributed by atoms with Gasteiger partial charge in [-0.1, -0.05) is 23.2 Å². The minimum absolute atomic E-state index is 0.130. The van der Waals surface area contributed by atoms with Crippen LogP contribution in [0.15, 0.2) is 30.6 Å². The molecular weight excluding hydrogens is 323 g/mol. The molecule has 0 saturated carbocycles. The Morgan fingerprint density at radius 3 is 2.23 bits per heavy atom. The maximum absolute atomic E-state index is 12.1. The van der Waals surface area contributed by atoms with Gasteiger partial charge in [0.25, 0.3) is 5.91 Å². The Hall–Kier alpha value is -1.85. The van der Waals surface area contributed by atoms with Gasteiger partial charge in [0.15, 0.2) is 0 Å². The van der Waals surface area contributed by atoms with Crippen LogP contribution in [0.4, 0.5) is 11.5 Å². The van der Waals surface area contributed by atoms with Crippen LogP contribution in [0.2, 0.25) is 10.0 Å². The van der Waals surface area contributed by atoms with Crippen molar-refractivity contribution >= 4 is 40.6 Å². The smallest absolute Gasteiger partial charge is 0.274 e. The SMILES string of the molecule is CCN(CC)C(=O)c1cnc(Nc2cc(Cl)cc(Cl)c2)cn1. The normalized spacial score (nSPS) is 10.4. The molecule has 0 aliphatic heterocycles. The van der Waals surface area contributed by atoms with Crippen LogP contribution in [-0.2, 0) is 0 Å². The van der Waals surface area contributed by atoms with E-state index in [-0.39, 0.29) is 5.91 Å². The second-order valence-corrected chi connectivity index (χ2v) is 5.42. The number of halogens is 2. The van der Waals surface area contributed by atoms with Crippen LogP contribution in [0.1, 0.15) is 24.3 Å². The van der Waals surface area contributed by atoms with Crippen molar-refractivity contribution in [1.29, 1.82) is 0 Å². The van der Waals surface area contributed by atoms with Crippen molar-refractivity contribution in [3.05, 3.63) is 46.3 Å². The van der Waals surface area contributed by atoms with Crippen LogP contribution in [-0.4, -0.2) is 33.9 Å². The van der Waals surface area contributed by atoms with Crippen molar-refractivity contribution in [2.75, 3.05) is 18.4 Å². The zero-order valence-electron chi connectivity index (χ0n) is 12.3. The van der Waals surface area contributed by atoms with Crippen LogP contribution in [0.5, 0.6) is 0 Å². The lowest BCUT2D eigenvalue weighted by Gasteiger charge is -2.17. The molecule has 0 fully saturated rings. The molecule has 1 aromatic heterocycles. The molecule has 1 amide bonds. The molecule has 22 heavy (non-hydrogen) atoms. The Labute approximate surface area is 139 Å². The molecule has 0 aliphatic carbocycles. The summed E-state index contributed by atoms with van der Waals surface area (Å²) in [5.41, 5.74) is 1.02. The summed E-state index contributed by atoms with van der Waals surface area (Å²) in [6.45, 7) is 5.12. The number of anilines is 2. The first-order valence-corrected chi connectivity index (χ1v) is 7.63. The number of nitrogens with zero attached hydrogens (tertiary/aromatic N) is 3. The highest BCUT2D eigenvalue weighted by Gasteiger charge is 2.14. The molecule has 0 atom stereocenters. The summed E-state index contributed by atoms with van der Waals surface area (Å²) < 4.78 is 0. The van der Waals surface area contributed by atoms with E-state index >= 15 is 0 Å². The molecule has 0 aliphatic rings. The van der Waals surface area contributed by atoms with E-state index in [0.717, 1.165) is 0 Å². The predicted octanol–water partition coefficient (Wildman–Crippen LogP) is 4.01. The topological polar surface area (TPSA) is 58.1 Å². The van der Waals surface area contributed by atoms with Gasteiger partial charge in [0, 0.05) is 28.8 Å². The highest BCUT2D eigenvalue weighted by Crippen LogP contribution is 2.24. The van der Waals surface area contributed by atoms with Crippen LogP contribution >= 0.6 is 23.2 Å². The number of rotatable bonds is 5. The van der Waals surface area contributed by atoms with E-state index in [1.54, 1.807) is 23.1 Å². The van der Waals surface area contributed by atoms with Gasteiger partial charge >= 0.3 is 0 Å². The molecule has 2 rings (SSSR count). The summed E-state index contributed by atoms with van der Waals surface area (Å²) >= 11 is 11.9. The van der Waals surface area contributed by atoms with Gasteiger partial charge in [-0.25, -0.2) is 9.97 Å². The van der Waals surface area contributed by atoms with Gasteiger partial charge in [0.2, 0.25) is 0 Å². The van der Waals surface area contributed by atoms with E-state index in [9.17, 15) is 4.79 Å². The average Bonchev–Trinajstić information content (AvgIpc) is 2.48. The van der Waals surface area contributed by atoms with E-state index in [4.69, 9.17) is 23.2 Å². The molecule has 1 N–H and O–H groups in total. The zero-order chi connectivity index (χ0) is 16.1. The second kappa shape index (κ2) is 7.42. The van der Waals surface area contributed by atoms with Crippen molar-refractivity contribution < 1.29 is 4.79 Å². The van der Waals surface area contributed by atoms with Gasteiger partial charge in [-0.15, -0.1) is 0 Å². The molecule has 1 heterocycles. The van der Waals surface area contributed by atoms with Crippen LogP contribution in [0, 0.1) is 0 Å². The summed E-state index contributed by atoms with van der Waals surface area (Å²) in [4.78, 5) is 22.2. The summed E-state index contributed by atoms with van der Waals surface area (Å²) in [6, 6.07) is 5.10. The van der Waals surface area contributed by atoms with Crippen molar-refractivity contribution in [3.63, 3.8) is 0 Å². The van der Waals surface area contributed by atoms with E-state index in [0.29, 0.717) is 40.3 Å². The molecule has 0 radical (unpaired) electrons. The number of aromatic nitrogens is 2. The van der Waals surface area contributed by atoms with Gasteiger partial charge in [-0.2, -0.15) is 0 Å². The van der Waals surface area contributed by atoms with Gasteiger partial charge in [0.1, 0.15) is 11.5 Å². The molecular formula is C15H16Cl2N4O. The lowest BCUT2D eigenvalue weighted by molar-refractivity contribution is 0.0766. The maximum Gasteiger partial charge on any atom is 0.274 e. The Balaban J connectivity index is 2.13. The van der Waals surface area contributed by atoms with E-state index in [1.165, 1.54) is 12.4 Å². The van der Waals surface area contributed by atoms with Crippen LogP contribution < -0.4 is 5.32 Å². The van der Waals surface area contributed by atoms with Crippen molar-refractivity contribution in [1.82, 2.24) is 14.9 Å². The number of benzene rings is 1. The average molecular weight is 339 g/mol. The third-order valence-corrected chi connectivity index (χ3v) is 3.49. The Kier molecular flexibility index (Phi) is 5.57. The Morgan fingerprint density at radius 1 is 1.09 bits per heavy atom. The maximum atomic E-state index is 12.1. The lowest BCUT2D eigenvalue weighted by Crippen LogP contribution is -2.31. The van der Waals surface area contributed by atoms with Gasteiger partial charge in [-0.3, -0.25) is 4.79 Å². The van der Waals surface area contributed by atoms with Gasteiger partial charge < -0.3 is 10.2 Å². The monoisotopic (exact) mass is 338 g/mol. The molecule has 116 valence electrons. The number of carbonyl (C=O) groups excluding carboxylic acids is 1. The number of amides is 1. The molecule has 5 nitrogen and oxygen atoms in total. The third kappa shape index (κ3) is 4.08. The van der Waals surface area contributed by atoms with Crippen LogP contribution in [0.3, 0.4) is 0 Å². The first-order valence-electron chi connectivity index (χ1n) is 6.88. The van der Waals surface area contributed by atoms with E-state index in [1.807, 2.05) is 13.8 Å². The molecule has 0 saturated heterocycles. The second-order valence-electron chi connectivity index (χ2n) is 4.55. The van der Waals surface area contributed by atoms with Gasteiger partial charge in [-0.05, 0) is 32.0 Å². The first kappa shape index (κ1) is 16.5. The standard InChI is InChI=1S/C15H16Cl2N4O/c1-3-21(4-2)15(22)13-8-19-14(9-18-13)20-12-6-10(16)5-11(17)7-12/h5-9H,3-4H2,1-2H3,(H,19,20). The van der Waals surface area contributed by atoms with Crippen molar-refractivity contribution in [3.8, 4) is 0 Å². The first-order chi connectivity index (χ1) is 10.5. The minimum Gasteiger partial charge on any atom is -0.339 e. The molecule has 0 unspecified atom stereocenters. The Morgan fingerprint density at radius 2 is 1.73 bits per heavy atom. The molecule has 0 bridgehead atoms. The fraction of sp³-hybridized carbons (Fsp3) is 0.267. The zero-order valence-corrected chi connectivity index (χ0v) is 13.8. The predicted molar refractivity (Wildman–Crippen MR) is 89.0 cm³/mol. The molecule has 0 spiro atoms. The van der Waals surface area contributed by atoms with Crippen molar-refractivity contribution in [2.24, 2.45) is 0 Å². The number of hydrogen-bond acceptors (Lipinski definition) is 4. The minimum atomic E-state index is -0.130. The summed E-state index contributed by atoms with van der Waals surface area (Å²) in [7, 11) is 0. The summed E-state index contributed by atoms with van der Waals surface area (Å²) in [5.74, 6) is 0.379. The van der Waals surface area contributed by atoms with E-state index in [2.05, 4.69) is 15.3 Å². The molecule has 1 aromatic carbocycles.